The van der Waals surface area contributed by atoms with Crippen molar-refractivity contribution in [3.05, 3.63) is 117 Å². The van der Waals surface area contributed by atoms with Gasteiger partial charge in [0.05, 0.1) is 33.4 Å². The lowest BCUT2D eigenvalue weighted by Gasteiger charge is -2.38. The van der Waals surface area contributed by atoms with Gasteiger partial charge in [0.25, 0.3) is 5.69 Å². The molecule has 0 bridgehead atoms. The first-order chi connectivity index (χ1) is 19.3. The molecule has 2 aliphatic heterocycles. The molecule has 7 rings (SSSR count). The van der Waals surface area contributed by atoms with Gasteiger partial charge >= 0.3 is 5.97 Å². The van der Waals surface area contributed by atoms with Crippen LogP contribution < -0.4 is 9.64 Å². The smallest absolute Gasteiger partial charge is 0.319 e. The van der Waals surface area contributed by atoms with Crippen LogP contribution in [0.4, 0.5) is 11.4 Å². The van der Waals surface area contributed by atoms with Crippen LogP contribution in [0.2, 0.25) is 5.02 Å². The number of hydrogen-bond acceptors (Lipinski definition) is 6. The van der Waals surface area contributed by atoms with Gasteiger partial charge in [0, 0.05) is 23.6 Å². The number of esters is 1. The molecule has 40 heavy (non-hydrogen) atoms. The molecular formula is C31H19ClN2O6. The van der Waals surface area contributed by atoms with E-state index >= 15 is 0 Å². The van der Waals surface area contributed by atoms with Crippen LogP contribution in [-0.2, 0) is 14.4 Å². The minimum Gasteiger partial charge on any atom is -0.425 e. The van der Waals surface area contributed by atoms with Crippen molar-refractivity contribution < 1.29 is 24.0 Å². The van der Waals surface area contributed by atoms with Crippen molar-refractivity contribution >= 4 is 57.1 Å². The summed E-state index contributed by atoms with van der Waals surface area (Å²) in [6.45, 7) is 0. The molecule has 2 amide bonds. The summed E-state index contributed by atoms with van der Waals surface area (Å²) in [5.41, 5.74) is 1.76. The first-order valence-electron chi connectivity index (χ1n) is 12.7. The van der Waals surface area contributed by atoms with E-state index in [1.165, 1.54) is 12.1 Å². The van der Waals surface area contributed by atoms with Crippen LogP contribution in [0, 0.1) is 27.9 Å². The predicted molar refractivity (Wildman–Crippen MR) is 148 cm³/mol. The third-order valence-corrected chi connectivity index (χ3v) is 8.37. The zero-order chi connectivity index (χ0) is 27.7. The normalized spacial score (nSPS) is 23.3. The number of halogens is 1. The number of benzene rings is 4. The number of anilines is 1. The third-order valence-electron chi connectivity index (χ3n) is 8.05. The molecule has 3 aliphatic rings. The highest BCUT2D eigenvalue weighted by atomic mass is 35.5. The Morgan fingerprint density at radius 1 is 0.850 bits per heavy atom. The summed E-state index contributed by atoms with van der Waals surface area (Å²) in [5.74, 6) is -5.06. The molecule has 9 heteroatoms. The van der Waals surface area contributed by atoms with Crippen molar-refractivity contribution in [1.29, 1.82) is 0 Å². The van der Waals surface area contributed by atoms with Gasteiger partial charge in [-0.3, -0.25) is 24.5 Å². The topological polar surface area (TPSA) is 107 Å². The number of hydrogen-bond donors (Lipinski definition) is 0. The molecule has 8 nitrogen and oxygen atoms in total. The molecule has 1 fully saturated rings. The van der Waals surface area contributed by atoms with Crippen LogP contribution in [-0.4, -0.2) is 22.7 Å². The first-order valence-corrected chi connectivity index (χ1v) is 13.0. The van der Waals surface area contributed by atoms with Crippen LogP contribution in [0.25, 0.3) is 16.3 Å². The lowest BCUT2D eigenvalue weighted by atomic mass is 9.64. The Morgan fingerprint density at radius 3 is 2.35 bits per heavy atom. The fourth-order valence-corrected chi connectivity index (χ4v) is 6.56. The van der Waals surface area contributed by atoms with Gasteiger partial charge in [-0.25, -0.2) is 4.90 Å². The van der Waals surface area contributed by atoms with Gasteiger partial charge in [-0.1, -0.05) is 78.3 Å². The second-order valence-electron chi connectivity index (χ2n) is 10.1. The zero-order valence-corrected chi connectivity index (χ0v) is 21.4. The Labute approximate surface area is 232 Å². The lowest BCUT2D eigenvalue weighted by Crippen LogP contribution is -2.42. The van der Waals surface area contributed by atoms with Crippen molar-refractivity contribution in [2.75, 3.05) is 4.90 Å². The molecule has 1 aliphatic carbocycles. The van der Waals surface area contributed by atoms with Gasteiger partial charge < -0.3 is 4.74 Å². The predicted octanol–water partition coefficient (Wildman–Crippen LogP) is 5.92. The van der Waals surface area contributed by atoms with Crippen LogP contribution in [0.1, 0.15) is 17.0 Å². The minimum atomic E-state index is -1.09. The summed E-state index contributed by atoms with van der Waals surface area (Å²) in [6.07, 6.45) is 1.91. The quantitative estimate of drug-likeness (QED) is 0.103. The molecular weight excluding hydrogens is 532 g/mol. The molecule has 4 aromatic carbocycles. The molecule has 0 N–H and O–H groups in total. The molecule has 196 valence electrons. The fourth-order valence-electron chi connectivity index (χ4n) is 6.36. The SMILES string of the molecule is O=C1Oc2ccc3ccccc3c2C2=C[C@H](c3ccccc3)[C@@H]3C(=O)N(c4cc([N+](=O)[O-])ccc4Cl)C(=O)[C@H]3[C@H]12. The summed E-state index contributed by atoms with van der Waals surface area (Å²) >= 11 is 6.39. The van der Waals surface area contributed by atoms with Gasteiger partial charge in [-0.15, -0.1) is 0 Å². The average molecular weight is 551 g/mol. The Kier molecular flexibility index (Phi) is 5.37. The lowest BCUT2D eigenvalue weighted by molar-refractivity contribution is -0.384. The van der Waals surface area contributed by atoms with Crippen molar-refractivity contribution in [3.8, 4) is 5.75 Å². The molecule has 1 saturated heterocycles. The summed E-state index contributed by atoms with van der Waals surface area (Å²) in [6, 6.07) is 24.2. The van der Waals surface area contributed by atoms with E-state index in [0.29, 0.717) is 16.9 Å². The number of carbonyl (C=O) groups is 3. The molecule has 4 aromatic rings. The third kappa shape index (κ3) is 3.42. The number of nitro groups is 1. The van der Waals surface area contributed by atoms with E-state index in [1.807, 2.05) is 66.7 Å². The van der Waals surface area contributed by atoms with Crippen molar-refractivity contribution in [2.24, 2.45) is 17.8 Å². The Morgan fingerprint density at radius 2 is 1.57 bits per heavy atom. The van der Waals surface area contributed by atoms with E-state index in [9.17, 15) is 24.5 Å². The molecule has 0 radical (unpaired) electrons. The van der Waals surface area contributed by atoms with Crippen molar-refractivity contribution in [1.82, 2.24) is 0 Å². The zero-order valence-electron chi connectivity index (χ0n) is 20.7. The second-order valence-corrected chi connectivity index (χ2v) is 10.5. The highest BCUT2D eigenvalue weighted by Crippen LogP contribution is 2.56. The molecule has 0 saturated carbocycles. The highest BCUT2D eigenvalue weighted by molar-refractivity contribution is 6.36. The van der Waals surface area contributed by atoms with E-state index in [-0.39, 0.29) is 16.4 Å². The highest BCUT2D eigenvalue weighted by Gasteiger charge is 2.60. The summed E-state index contributed by atoms with van der Waals surface area (Å²) in [4.78, 5) is 53.6. The molecule has 2 heterocycles. The maximum atomic E-state index is 14.2. The van der Waals surface area contributed by atoms with E-state index < -0.39 is 46.4 Å². The second kappa shape index (κ2) is 8.86. The number of amides is 2. The summed E-state index contributed by atoms with van der Waals surface area (Å²) < 4.78 is 5.78. The van der Waals surface area contributed by atoms with E-state index in [2.05, 4.69) is 0 Å². The number of carbonyl (C=O) groups excluding carboxylic acids is 3. The molecule has 0 spiro atoms. The van der Waals surface area contributed by atoms with Crippen molar-refractivity contribution in [2.45, 2.75) is 5.92 Å². The Hall–Kier alpha value is -4.82. The number of ether oxygens (including phenoxy) is 1. The molecule has 0 unspecified atom stereocenters. The van der Waals surface area contributed by atoms with Gasteiger partial charge in [0.2, 0.25) is 11.8 Å². The van der Waals surface area contributed by atoms with Crippen molar-refractivity contribution in [3.63, 3.8) is 0 Å². The van der Waals surface area contributed by atoms with E-state index in [0.717, 1.165) is 27.3 Å². The van der Waals surface area contributed by atoms with Crippen LogP contribution in [0.5, 0.6) is 5.75 Å². The van der Waals surface area contributed by atoms with Crippen LogP contribution >= 0.6 is 11.6 Å². The van der Waals surface area contributed by atoms with Gasteiger partial charge in [-0.2, -0.15) is 0 Å². The monoisotopic (exact) mass is 550 g/mol. The number of imide groups is 1. The van der Waals surface area contributed by atoms with E-state index in [4.69, 9.17) is 16.3 Å². The number of allylic oxidation sites excluding steroid dienone is 1. The number of rotatable bonds is 3. The van der Waals surface area contributed by atoms with E-state index in [1.54, 1.807) is 6.07 Å². The Bertz CT molecular complexity index is 1820. The Balaban J connectivity index is 1.46. The number of nitrogens with zero attached hydrogens (tertiary/aromatic N) is 2. The largest absolute Gasteiger partial charge is 0.425 e. The van der Waals surface area contributed by atoms with Gasteiger partial charge in [0.1, 0.15) is 5.75 Å². The minimum absolute atomic E-state index is 0.0120. The van der Waals surface area contributed by atoms with Gasteiger partial charge in [-0.05, 0) is 34.0 Å². The number of nitro benzene ring substituents is 1. The van der Waals surface area contributed by atoms with Gasteiger partial charge in [0.15, 0.2) is 0 Å². The number of fused-ring (bicyclic) bond motifs is 7. The molecule has 4 atom stereocenters. The molecule has 0 aromatic heterocycles. The number of non-ortho nitro benzene ring substituents is 1. The maximum absolute atomic E-state index is 14.2. The first kappa shape index (κ1) is 24.2. The summed E-state index contributed by atoms with van der Waals surface area (Å²) in [7, 11) is 0. The van der Waals surface area contributed by atoms with Crippen LogP contribution in [0.3, 0.4) is 0 Å². The van der Waals surface area contributed by atoms with Crippen LogP contribution in [0.15, 0.2) is 91.0 Å². The fraction of sp³-hybridized carbons (Fsp3) is 0.129. The summed E-state index contributed by atoms with van der Waals surface area (Å²) in [5, 5.41) is 13.3. The standard InChI is InChI=1S/C31H19ClN2O6/c32-22-12-11-18(34(38)39)14-23(22)33-29(35)26-20(16-6-2-1-3-7-16)15-21-25-19-9-5-4-8-17(19)10-13-24(25)40-31(37)27(21)28(26)30(33)36/h1-15,20,26-28H/t20-,26+,27-,28-/m1/s1. The maximum Gasteiger partial charge on any atom is 0.319 e. The average Bonchev–Trinajstić information content (AvgIpc) is 3.22.